The van der Waals surface area contributed by atoms with Crippen LogP contribution in [0.4, 0.5) is 0 Å². The minimum Gasteiger partial charge on any atom is -0.481 e. The molecule has 0 spiro atoms. The van der Waals surface area contributed by atoms with Gasteiger partial charge in [0.25, 0.3) is 5.56 Å². The Morgan fingerprint density at radius 1 is 1.60 bits per heavy atom. The zero-order chi connectivity index (χ0) is 10.8. The van der Waals surface area contributed by atoms with Crippen molar-refractivity contribution >= 4 is 17.7 Å². The van der Waals surface area contributed by atoms with Crippen molar-refractivity contribution < 1.29 is 9.90 Å². The molecule has 1 aliphatic rings. The van der Waals surface area contributed by atoms with E-state index in [4.69, 9.17) is 5.11 Å². The van der Waals surface area contributed by atoms with Crippen LogP contribution in [0.1, 0.15) is 17.7 Å². The highest BCUT2D eigenvalue weighted by Gasteiger charge is 2.17. The average Bonchev–Trinajstić information content (AvgIpc) is 2.54. The molecule has 6 heteroatoms. The van der Waals surface area contributed by atoms with Crippen LogP contribution in [0.5, 0.6) is 0 Å². The lowest BCUT2D eigenvalue weighted by atomic mass is 10.2. The Labute approximate surface area is 90.5 Å². The summed E-state index contributed by atoms with van der Waals surface area (Å²) in [5.74, 6) is 0.910. The lowest BCUT2D eigenvalue weighted by Crippen LogP contribution is -2.21. The molecular weight excluding hydrogens is 216 g/mol. The predicted octanol–water partition coefficient (Wildman–Crippen LogP) is 0.440. The summed E-state index contributed by atoms with van der Waals surface area (Å²) < 4.78 is 1.41. The summed E-state index contributed by atoms with van der Waals surface area (Å²) in [5, 5.41) is 11.5. The summed E-state index contributed by atoms with van der Waals surface area (Å²) >= 11 is 1.78. The van der Waals surface area contributed by atoms with Crippen molar-refractivity contribution in [1.29, 1.82) is 0 Å². The van der Waals surface area contributed by atoms with Gasteiger partial charge < -0.3 is 5.11 Å². The topological polar surface area (TPSA) is 75.1 Å². The van der Waals surface area contributed by atoms with Crippen molar-refractivity contribution in [2.24, 2.45) is 0 Å². The van der Waals surface area contributed by atoms with Gasteiger partial charge in [-0.2, -0.15) is 11.8 Å². The number of rotatable bonds is 3. The van der Waals surface area contributed by atoms with Gasteiger partial charge in [-0.1, -0.05) is 0 Å². The normalized spacial score (nSPS) is 14.9. The Kier molecular flexibility index (Phi) is 2.86. The number of hydrogen-bond donors (Lipinski definition) is 2. The van der Waals surface area contributed by atoms with Gasteiger partial charge >= 0.3 is 5.97 Å². The van der Waals surface area contributed by atoms with E-state index in [0.717, 1.165) is 29.2 Å². The van der Waals surface area contributed by atoms with Crippen LogP contribution in [0, 0.1) is 0 Å². The Hall–Kier alpha value is -1.17. The fraction of sp³-hybridized carbons (Fsp3) is 0.556. The van der Waals surface area contributed by atoms with E-state index < -0.39 is 5.97 Å². The van der Waals surface area contributed by atoms with Gasteiger partial charge in [-0.3, -0.25) is 19.4 Å². The molecule has 2 N–H and O–H groups in total. The van der Waals surface area contributed by atoms with Crippen LogP contribution in [0.25, 0.3) is 0 Å². The second-order valence-electron chi connectivity index (χ2n) is 3.47. The van der Waals surface area contributed by atoms with E-state index in [1.165, 1.54) is 4.68 Å². The number of aryl methyl sites for hydroxylation is 1. The SMILES string of the molecule is O=C(O)CCn1[nH]c2c(c1=O)CCSC2. The van der Waals surface area contributed by atoms with Crippen molar-refractivity contribution in [3.05, 3.63) is 21.6 Å². The molecular formula is C9H12N2O3S. The number of nitrogens with zero attached hydrogens (tertiary/aromatic N) is 1. The number of nitrogens with one attached hydrogen (secondary N) is 1. The molecule has 1 aromatic heterocycles. The van der Waals surface area contributed by atoms with Crippen molar-refractivity contribution in [2.75, 3.05) is 5.75 Å². The summed E-state index contributed by atoms with van der Waals surface area (Å²) in [5.41, 5.74) is 1.74. The largest absolute Gasteiger partial charge is 0.481 e. The summed E-state index contributed by atoms with van der Waals surface area (Å²) in [7, 11) is 0. The smallest absolute Gasteiger partial charge is 0.305 e. The van der Waals surface area contributed by atoms with Gasteiger partial charge in [-0.15, -0.1) is 0 Å². The standard InChI is InChI=1S/C9H12N2O3S/c12-8(13)1-3-11-9(14)6-2-4-15-5-7(6)10-11/h10H,1-5H2,(H,12,13). The Bertz CT molecular complexity index is 435. The lowest BCUT2D eigenvalue weighted by Gasteiger charge is -2.07. The zero-order valence-corrected chi connectivity index (χ0v) is 8.97. The second-order valence-corrected chi connectivity index (χ2v) is 4.58. The Morgan fingerprint density at radius 2 is 2.40 bits per heavy atom. The van der Waals surface area contributed by atoms with Gasteiger partial charge in [-0.05, 0) is 12.2 Å². The summed E-state index contributed by atoms with van der Waals surface area (Å²) in [4.78, 5) is 22.1. The molecule has 2 rings (SSSR count). The number of aliphatic carboxylic acids is 1. The van der Waals surface area contributed by atoms with Gasteiger partial charge in [-0.25, -0.2) is 0 Å². The van der Waals surface area contributed by atoms with Crippen LogP contribution >= 0.6 is 11.8 Å². The minimum atomic E-state index is -0.885. The number of aromatic nitrogens is 2. The molecule has 0 aromatic carbocycles. The number of carboxylic acid groups (broad SMARTS) is 1. The molecule has 0 amide bonds. The van der Waals surface area contributed by atoms with Crippen LogP contribution in [0.15, 0.2) is 4.79 Å². The highest BCUT2D eigenvalue weighted by Crippen LogP contribution is 2.20. The van der Waals surface area contributed by atoms with Crippen LogP contribution in [0.3, 0.4) is 0 Å². The van der Waals surface area contributed by atoms with Crippen molar-refractivity contribution in [3.63, 3.8) is 0 Å². The van der Waals surface area contributed by atoms with Gasteiger partial charge in [0.1, 0.15) is 0 Å². The van der Waals surface area contributed by atoms with Crippen LogP contribution < -0.4 is 5.56 Å². The first-order valence-corrected chi connectivity index (χ1v) is 5.94. The summed E-state index contributed by atoms with van der Waals surface area (Å²) in [6, 6.07) is 0. The first kappa shape index (κ1) is 10.4. The molecule has 5 nitrogen and oxygen atoms in total. The van der Waals surface area contributed by atoms with Crippen LogP contribution in [0.2, 0.25) is 0 Å². The first-order valence-electron chi connectivity index (χ1n) is 4.78. The molecule has 2 heterocycles. The Morgan fingerprint density at radius 3 is 3.07 bits per heavy atom. The number of carboxylic acids is 1. The summed E-state index contributed by atoms with van der Waals surface area (Å²) in [6.45, 7) is 0.228. The highest BCUT2D eigenvalue weighted by molar-refractivity contribution is 7.98. The highest BCUT2D eigenvalue weighted by atomic mass is 32.2. The third-order valence-corrected chi connectivity index (χ3v) is 3.42. The maximum absolute atomic E-state index is 11.8. The van der Waals surface area contributed by atoms with Crippen molar-refractivity contribution in [2.45, 2.75) is 25.1 Å². The molecule has 1 aliphatic heterocycles. The third kappa shape index (κ3) is 2.09. The average molecular weight is 228 g/mol. The van der Waals surface area contributed by atoms with Gasteiger partial charge in [0.15, 0.2) is 0 Å². The molecule has 0 fully saturated rings. The number of carbonyl (C=O) groups is 1. The monoisotopic (exact) mass is 228 g/mol. The zero-order valence-electron chi connectivity index (χ0n) is 8.15. The van der Waals surface area contributed by atoms with E-state index in [-0.39, 0.29) is 18.5 Å². The molecule has 0 saturated carbocycles. The van der Waals surface area contributed by atoms with Crippen molar-refractivity contribution in [3.8, 4) is 0 Å². The molecule has 0 unspecified atom stereocenters. The third-order valence-electron chi connectivity index (χ3n) is 2.43. The van der Waals surface area contributed by atoms with Crippen LogP contribution in [-0.2, 0) is 23.5 Å². The van der Waals surface area contributed by atoms with Gasteiger partial charge in [0.2, 0.25) is 0 Å². The molecule has 15 heavy (non-hydrogen) atoms. The fourth-order valence-electron chi connectivity index (χ4n) is 1.66. The molecule has 82 valence electrons. The van der Waals surface area contributed by atoms with E-state index in [1.54, 1.807) is 11.8 Å². The van der Waals surface area contributed by atoms with E-state index >= 15 is 0 Å². The number of fused-ring (bicyclic) bond motifs is 1. The molecule has 1 aromatic rings. The summed E-state index contributed by atoms with van der Waals surface area (Å²) in [6.07, 6.45) is 0.766. The number of H-pyrrole nitrogens is 1. The van der Waals surface area contributed by atoms with Crippen molar-refractivity contribution in [1.82, 2.24) is 9.78 Å². The molecule has 0 aliphatic carbocycles. The van der Waals surface area contributed by atoms with E-state index in [2.05, 4.69) is 5.10 Å². The molecule has 0 saturated heterocycles. The maximum Gasteiger partial charge on any atom is 0.305 e. The van der Waals surface area contributed by atoms with Gasteiger partial charge in [0, 0.05) is 11.3 Å². The van der Waals surface area contributed by atoms with E-state index in [1.807, 2.05) is 0 Å². The number of aromatic amines is 1. The number of hydrogen-bond acceptors (Lipinski definition) is 3. The minimum absolute atomic E-state index is 0.0214. The lowest BCUT2D eigenvalue weighted by molar-refractivity contribution is -0.137. The second kappa shape index (κ2) is 4.14. The molecule has 0 radical (unpaired) electrons. The first-order chi connectivity index (χ1) is 7.18. The Balaban J connectivity index is 2.22. The predicted molar refractivity (Wildman–Crippen MR) is 57.2 cm³/mol. The van der Waals surface area contributed by atoms with Crippen LogP contribution in [-0.4, -0.2) is 26.6 Å². The molecule has 0 atom stereocenters. The van der Waals surface area contributed by atoms with Gasteiger partial charge in [0.05, 0.1) is 18.7 Å². The fourth-order valence-corrected chi connectivity index (χ4v) is 2.60. The maximum atomic E-state index is 11.8. The quantitative estimate of drug-likeness (QED) is 0.787. The molecule has 0 bridgehead atoms. The van der Waals surface area contributed by atoms with E-state index in [0.29, 0.717) is 0 Å². The van der Waals surface area contributed by atoms with E-state index in [9.17, 15) is 9.59 Å². The number of thioether (sulfide) groups is 1.